The summed E-state index contributed by atoms with van der Waals surface area (Å²) in [5, 5.41) is 13.5. The summed E-state index contributed by atoms with van der Waals surface area (Å²) >= 11 is 5.97. The molecule has 1 fully saturated rings. The van der Waals surface area contributed by atoms with Crippen molar-refractivity contribution in [2.75, 3.05) is 18.5 Å². The summed E-state index contributed by atoms with van der Waals surface area (Å²) in [6, 6.07) is 15.0. The fourth-order valence-corrected chi connectivity index (χ4v) is 4.48. The summed E-state index contributed by atoms with van der Waals surface area (Å²) in [5.41, 5.74) is 4.69. The number of nitro groups is 1. The minimum absolute atomic E-state index is 0.0120. The molecule has 0 aliphatic carbocycles. The molecular weight excluding hydrogens is 464 g/mol. The Morgan fingerprint density at radius 2 is 1.53 bits per heavy atom. The summed E-state index contributed by atoms with van der Waals surface area (Å²) in [4.78, 5) is 17.3. The van der Waals surface area contributed by atoms with Crippen molar-refractivity contribution in [3.8, 4) is 0 Å². The van der Waals surface area contributed by atoms with Crippen LogP contribution < -0.4 is 5.43 Å². The van der Waals surface area contributed by atoms with Crippen molar-refractivity contribution in [1.82, 2.24) is 14.9 Å². The molecule has 1 aliphatic heterocycles. The monoisotopic (exact) mass is 487 g/mol. The van der Waals surface area contributed by atoms with Gasteiger partial charge in [-0.15, -0.1) is 0 Å². The van der Waals surface area contributed by atoms with Gasteiger partial charge in [0.15, 0.2) is 0 Å². The van der Waals surface area contributed by atoms with Gasteiger partial charge in [-0.05, 0) is 55.3 Å². The largest absolute Gasteiger partial charge is 0.312 e. The molecule has 0 saturated carbocycles. The van der Waals surface area contributed by atoms with Crippen LogP contribution >= 0.6 is 11.6 Å². The minimum atomic E-state index is -0.505. The number of benzene rings is 2. The molecule has 178 valence electrons. The van der Waals surface area contributed by atoms with Crippen LogP contribution in [0, 0.1) is 21.7 Å². The van der Waals surface area contributed by atoms with Gasteiger partial charge < -0.3 is 0 Å². The van der Waals surface area contributed by atoms with Gasteiger partial charge in [0.2, 0.25) is 5.82 Å². The van der Waals surface area contributed by atoms with Gasteiger partial charge in [0.25, 0.3) is 0 Å². The summed E-state index contributed by atoms with van der Waals surface area (Å²) in [6.45, 7) is 5.14. The zero-order valence-corrected chi connectivity index (χ0v) is 19.4. The van der Waals surface area contributed by atoms with Gasteiger partial charge in [-0.25, -0.2) is 18.8 Å². The Balaban J connectivity index is 1.62. The van der Waals surface area contributed by atoms with E-state index in [4.69, 9.17) is 11.6 Å². The molecule has 0 amide bonds. The Labute approximate surface area is 201 Å². The number of hydrazine groups is 1. The fraction of sp³-hybridized carbons (Fsp3) is 0.292. The van der Waals surface area contributed by atoms with Crippen LogP contribution in [0.25, 0.3) is 0 Å². The molecule has 34 heavy (non-hydrogen) atoms. The molecule has 2 heterocycles. The average molecular weight is 488 g/mol. The Morgan fingerprint density at radius 1 is 0.971 bits per heavy atom. The number of aromatic nitrogens is 1. The van der Waals surface area contributed by atoms with Gasteiger partial charge in [-0.2, -0.15) is 0 Å². The minimum Gasteiger partial charge on any atom is -0.297 e. The van der Waals surface area contributed by atoms with Crippen molar-refractivity contribution >= 4 is 23.1 Å². The van der Waals surface area contributed by atoms with E-state index in [1.807, 2.05) is 18.9 Å². The molecule has 0 bridgehead atoms. The lowest BCUT2D eigenvalue weighted by Crippen LogP contribution is -2.58. The van der Waals surface area contributed by atoms with E-state index in [-0.39, 0.29) is 46.4 Å². The van der Waals surface area contributed by atoms with Crippen molar-refractivity contribution in [2.24, 2.45) is 0 Å². The Bertz CT molecular complexity index is 1120. The fourth-order valence-electron chi connectivity index (χ4n) is 4.33. The number of piperazine rings is 1. The number of hydrogen-bond donors (Lipinski definition) is 1. The lowest BCUT2D eigenvalue weighted by molar-refractivity contribution is -0.384. The number of pyridine rings is 1. The molecule has 4 rings (SSSR count). The maximum absolute atomic E-state index is 13.6. The summed E-state index contributed by atoms with van der Waals surface area (Å²) in [6.07, 6.45) is 0. The molecule has 0 radical (unpaired) electrons. The third-order valence-corrected chi connectivity index (χ3v) is 6.23. The Morgan fingerprint density at radius 3 is 2.06 bits per heavy atom. The highest BCUT2D eigenvalue weighted by Gasteiger charge is 2.36. The van der Waals surface area contributed by atoms with Crippen LogP contribution in [0.4, 0.5) is 20.3 Å². The highest BCUT2D eigenvalue weighted by Crippen LogP contribution is 2.34. The normalized spacial score (nSPS) is 19.4. The zero-order valence-electron chi connectivity index (χ0n) is 18.7. The van der Waals surface area contributed by atoms with E-state index in [1.165, 1.54) is 36.4 Å². The summed E-state index contributed by atoms with van der Waals surface area (Å²) in [7, 11) is 0. The predicted molar refractivity (Wildman–Crippen MR) is 127 cm³/mol. The topological polar surface area (TPSA) is 74.5 Å². The van der Waals surface area contributed by atoms with Gasteiger partial charge in [0.1, 0.15) is 16.8 Å². The van der Waals surface area contributed by atoms with Crippen molar-refractivity contribution in [1.29, 1.82) is 0 Å². The number of nitrogens with zero attached hydrogens (tertiary/aromatic N) is 4. The molecule has 0 spiro atoms. The van der Waals surface area contributed by atoms with Crippen LogP contribution in [-0.2, 0) is 0 Å². The first-order valence-electron chi connectivity index (χ1n) is 10.8. The summed E-state index contributed by atoms with van der Waals surface area (Å²) < 4.78 is 27.2. The standard InChI is InChI=1S/C24H24ClF2N5O2/c1-15-14-31(29-24-21(32(33)34)11-12-22(25)28-24)16(2)13-30(15)23(17-3-7-19(26)8-4-17)18-5-9-20(27)10-6-18/h3-12,15-16,23H,13-14H2,1-2H3,(H,28,29)/t15-,16+/m1/s1. The lowest BCUT2D eigenvalue weighted by atomic mass is 9.94. The molecule has 2 atom stereocenters. The second-order valence-corrected chi connectivity index (χ2v) is 8.81. The van der Waals surface area contributed by atoms with E-state index in [1.54, 1.807) is 24.3 Å². The number of rotatable bonds is 6. The molecule has 7 nitrogen and oxygen atoms in total. The quantitative estimate of drug-likeness (QED) is 0.284. The van der Waals surface area contributed by atoms with Gasteiger partial charge >= 0.3 is 5.69 Å². The van der Waals surface area contributed by atoms with Gasteiger partial charge in [-0.1, -0.05) is 35.9 Å². The Hall–Kier alpha value is -3.14. The molecule has 1 aliphatic rings. The SMILES string of the molecule is C[C@@H]1CN(Nc2nc(Cl)ccc2[N+](=O)[O-])[C@@H](C)CN1C(c1ccc(F)cc1)c1ccc(F)cc1. The van der Waals surface area contributed by atoms with Crippen LogP contribution in [0.3, 0.4) is 0 Å². The van der Waals surface area contributed by atoms with Gasteiger partial charge in [0, 0.05) is 31.2 Å². The first kappa shape index (κ1) is 24.0. The molecule has 2 aromatic carbocycles. The molecule has 3 aromatic rings. The first-order valence-corrected chi connectivity index (χ1v) is 11.2. The average Bonchev–Trinajstić information content (AvgIpc) is 2.79. The highest BCUT2D eigenvalue weighted by atomic mass is 35.5. The molecule has 1 aromatic heterocycles. The van der Waals surface area contributed by atoms with Crippen molar-refractivity contribution in [3.63, 3.8) is 0 Å². The van der Waals surface area contributed by atoms with E-state index < -0.39 is 4.92 Å². The van der Waals surface area contributed by atoms with E-state index in [2.05, 4.69) is 15.3 Å². The van der Waals surface area contributed by atoms with Gasteiger partial charge in [-0.3, -0.25) is 20.4 Å². The molecule has 1 N–H and O–H groups in total. The van der Waals surface area contributed by atoms with Crippen LogP contribution in [0.1, 0.15) is 31.0 Å². The number of halogens is 3. The van der Waals surface area contributed by atoms with E-state index in [9.17, 15) is 18.9 Å². The lowest BCUT2D eigenvalue weighted by Gasteiger charge is -2.47. The van der Waals surface area contributed by atoms with Gasteiger partial charge in [0.05, 0.1) is 11.0 Å². The van der Waals surface area contributed by atoms with Crippen LogP contribution in [0.5, 0.6) is 0 Å². The first-order chi connectivity index (χ1) is 16.2. The predicted octanol–water partition coefficient (Wildman–Crippen LogP) is 5.43. The molecular formula is C24H24ClF2N5O2. The highest BCUT2D eigenvalue weighted by molar-refractivity contribution is 6.29. The number of nitrogens with one attached hydrogen (secondary N) is 1. The van der Waals surface area contributed by atoms with Crippen molar-refractivity contribution in [3.05, 3.63) is 98.7 Å². The van der Waals surface area contributed by atoms with Crippen LogP contribution in [-0.4, -0.2) is 45.0 Å². The Kier molecular flexibility index (Phi) is 7.06. The summed E-state index contributed by atoms with van der Waals surface area (Å²) in [5.74, 6) is -0.570. The maximum Gasteiger partial charge on any atom is 0.312 e. The third-order valence-electron chi connectivity index (χ3n) is 6.02. The van der Waals surface area contributed by atoms with E-state index in [0.717, 1.165) is 11.1 Å². The third kappa shape index (κ3) is 5.16. The molecule has 1 saturated heterocycles. The molecule has 10 heteroatoms. The van der Waals surface area contributed by atoms with Crippen molar-refractivity contribution < 1.29 is 13.7 Å². The molecule has 0 unspecified atom stereocenters. The van der Waals surface area contributed by atoms with Crippen LogP contribution in [0.2, 0.25) is 5.15 Å². The smallest absolute Gasteiger partial charge is 0.297 e. The van der Waals surface area contributed by atoms with Crippen LogP contribution in [0.15, 0.2) is 60.7 Å². The second-order valence-electron chi connectivity index (χ2n) is 8.42. The van der Waals surface area contributed by atoms with E-state index in [0.29, 0.717) is 13.1 Å². The second kappa shape index (κ2) is 10.0. The van der Waals surface area contributed by atoms with E-state index >= 15 is 0 Å². The number of anilines is 1. The maximum atomic E-state index is 13.6. The van der Waals surface area contributed by atoms with Crippen molar-refractivity contribution in [2.45, 2.75) is 32.0 Å². The zero-order chi connectivity index (χ0) is 24.4. The number of hydrogen-bond acceptors (Lipinski definition) is 6.